The average Bonchev–Trinajstić information content (AvgIpc) is 2.79. The molecule has 0 fully saturated rings. The second-order valence-corrected chi connectivity index (χ2v) is 7.02. The van der Waals surface area contributed by atoms with Crippen LogP contribution < -0.4 is 10.6 Å². The molecular formula is C17H23N3O2S. The normalized spacial score (nSPS) is 11.0. The third-order valence-corrected chi connectivity index (χ3v) is 4.85. The number of hydrogen-bond acceptors (Lipinski definition) is 4. The predicted octanol–water partition coefficient (Wildman–Crippen LogP) is 2.72. The summed E-state index contributed by atoms with van der Waals surface area (Å²) in [6.07, 6.45) is 0. The van der Waals surface area contributed by atoms with Crippen LogP contribution in [-0.4, -0.2) is 29.9 Å². The van der Waals surface area contributed by atoms with Crippen molar-refractivity contribution >= 4 is 33.4 Å². The summed E-state index contributed by atoms with van der Waals surface area (Å²) in [6.45, 7) is 10.5. The highest BCUT2D eigenvalue weighted by Crippen LogP contribution is 2.32. The number of hydrogen-bond donors (Lipinski definition) is 2. The lowest BCUT2D eigenvalue weighted by molar-refractivity contribution is -0.123. The molecule has 124 valence electrons. The van der Waals surface area contributed by atoms with Crippen LogP contribution in [0, 0.1) is 26.7 Å². The summed E-state index contributed by atoms with van der Waals surface area (Å²) in [6, 6.07) is 2.03. The summed E-state index contributed by atoms with van der Waals surface area (Å²) in [5, 5.41) is 6.71. The smallest absolute Gasteiger partial charge is 0.261 e. The molecule has 2 N–H and O–H groups in total. The maximum absolute atomic E-state index is 12.4. The predicted molar refractivity (Wildman–Crippen MR) is 94.0 cm³/mol. The minimum absolute atomic E-state index is 0.00686. The van der Waals surface area contributed by atoms with Crippen LogP contribution >= 0.6 is 11.3 Å². The Morgan fingerprint density at radius 2 is 1.83 bits per heavy atom. The van der Waals surface area contributed by atoms with Crippen LogP contribution in [0.2, 0.25) is 0 Å². The number of nitrogens with zero attached hydrogens (tertiary/aromatic N) is 1. The summed E-state index contributed by atoms with van der Waals surface area (Å²) in [5.74, 6) is -0.165. The number of carbonyl (C=O) groups is 2. The molecule has 0 atom stereocenters. The van der Waals surface area contributed by atoms with Gasteiger partial charge in [0.25, 0.3) is 5.91 Å². The zero-order chi connectivity index (χ0) is 17.1. The molecule has 2 rings (SSSR count). The van der Waals surface area contributed by atoms with E-state index in [4.69, 9.17) is 0 Å². The van der Waals surface area contributed by atoms with Gasteiger partial charge in [0.05, 0.1) is 4.88 Å². The molecule has 0 aromatic carbocycles. The van der Waals surface area contributed by atoms with Crippen LogP contribution in [0.5, 0.6) is 0 Å². The second kappa shape index (κ2) is 7.08. The van der Waals surface area contributed by atoms with Crippen LogP contribution in [0.15, 0.2) is 6.07 Å². The minimum Gasteiger partial charge on any atom is -0.354 e. The molecule has 0 radical (unpaired) electrons. The Balaban J connectivity index is 2.06. The Bertz CT molecular complexity index is 750. The molecule has 2 amide bonds. The number of thiophene rings is 1. The van der Waals surface area contributed by atoms with Crippen molar-refractivity contribution in [3.8, 4) is 0 Å². The van der Waals surface area contributed by atoms with Crippen LogP contribution in [-0.2, 0) is 4.79 Å². The zero-order valence-corrected chi connectivity index (χ0v) is 15.1. The topological polar surface area (TPSA) is 71.1 Å². The van der Waals surface area contributed by atoms with E-state index < -0.39 is 0 Å². The van der Waals surface area contributed by atoms with Gasteiger partial charge in [-0.05, 0) is 38.0 Å². The van der Waals surface area contributed by atoms with Crippen LogP contribution in [0.1, 0.15) is 40.3 Å². The molecule has 6 heteroatoms. The highest BCUT2D eigenvalue weighted by molar-refractivity contribution is 7.20. The molecule has 0 aliphatic heterocycles. The monoisotopic (exact) mass is 333 g/mol. The van der Waals surface area contributed by atoms with Gasteiger partial charge in [-0.15, -0.1) is 11.3 Å². The lowest BCUT2D eigenvalue weighted by Gasteiger charge is -2.08. The first-order chi connectivity index (χ1) is 10.8. The summed E-state index contributed by atoms with van der Waals surface area (Å²) in [7, 11) is 0. The zero-order valence-electron chi connectivity index (χ0n) is 14.2. The Morgan fingerprint density at radius 1 is 1.17 bits per heavy atom. The molecule has 2 heterocycles. The van der Waals surface area contributed by atoms with E-state index >= 15 is 0 Å². The largest absolute Gasteiger partial charge is 0.354 e. The van der Waals surface area contributed by atoms with E-state index in [0.717, 1.165) is 27.0 Å². The van der Waals surface area contributed by atoms with Gasteiger partial charge in [-0.3, -0.25) is 9.59 Å². The maximum Gasteiger partial charge on any atom is 0.261 e. The standard InChI is InChI=1S/C17H23N3O2S/c1-9(2)15(21)18-6-7-19-16(22)14-12(5)13-10(3)8-11(4)20-17(13)23-14/h8-9H,6-7H2,1-5H3,(H,18,21)(H,19,22). The third kappa shape index (κ3) is 3.88. The maximum atomic E-state index is 12.4. The molecule has 0 aliphatic rings. The van der Waals surface area contributed by atoms with Crippen molar-refractivity contribution in [1.82, 2.24) is 15.6 Å². The van der Waals surface area contributed by atoms with Gasteiger partial charge in [-0.1, -0.05) is 13.8 Å². The van der Waals surface area contributed by atoms with Gasteiger partial charge in [-0.2, -0.15) is 0 Å². The fourth-order valence-corrected chi connectivity index (χ4v) is 3.70. The Morgan fingerprint density at radius 3 is 2.48 bits per heavy atom. The van der Waals surface area contributed by atoms with Gasteiger partial charge < -0.3 is 10.6 Å². The van der Waals surface area contributed by atoms with E-state index in [-0.39, 0.29) is 17.7 Å². The lowest BCUT2D eigenvalue weighted by Crippen LogP contribution is -2.36. The first kappa shape index (κ1) is 17.4. The van der Waals surface area contributed by atoms with E-state index in [1.165, 1.54) is 11.3 Å². The molecule has 0 unspecified atom stereocenters. The molecule has 2 aromatic heterocycles. The Hall–Kier alpha value is -1.95. The molecule has 0 aliphatic carbocycles. The molecular weight excluding hydrogens is 310 g/mol. The SMILES string of the molecule is Cc1cc(C)c2c(C)c(C(=O)NCCNC(=O)C(C)C)sc2n1. The van der Waals surface area contributed by atoms with Gasteiger partial charge >= 0.3 is 0 Å². The lowest BCUT2D eigenvalue weighted by atomic mass is 10.1. The molecule has 2 aromatic rings. The number of pyridine rings is 1. The number of aryl methyl sites for hydroxylation is 3. The molecule has 5 nitrogen and oxygen atoms in total. The number of rotatable bonds is 5. The van der Waals surface area contributed by atoms with E-state index in [2.05, 4.69) is 15.6 Å². The molecule has 0 spiro atoms. The Kier molecular flexibility index (Phi) is 5.36. The summed E-state index contributed by atoms with van der Waals surface area (Å²) in [4.78, 5) is 30.0. The number of aromatic nitrogens is 1. The van der Waals surface area contributed by atoms with Gasteiger partial charge in [0.15, 0.2) is 0 Å². The third-order valence-electron chi connectivity index (χ3n) is 3.67. The number of carbonyl (C=O) groups excluding carboxylic acids is 2. The first-order valence-electron chi connectivity index (χ1n) is 7.74. The number of nitrogens with one attached hydrogen (secondary N) is 2. The van der Waals surface area contributed by atoms with E-state index in [0.29, 0.717) is 18.0 Å². The molecule has 0 saturated carbocycles. The summed E-state index contributed by atoms with van der Waals surface area (Å²) < 4.78 is 0. The van der Waals surface area contributed by atoms with E-state index in [1.54, 1.807) is 0 Å². The highest BCUT2D eigenvalue weighted by atomic mass is 32.1. The quantitative estimate of drug-likeness (QED) is 0.827. The molecule has 0 bridgehead atoms. The van der Waals surface area contributed by atoms with Crippen molar-refractivity contribution < 1.29 is 9.59 Å². The molecule has 23 heavy (non-hydrogen) atoms. The highest BCUT2D eigenvalue weighted by Gasteiger charge is 2.17. The van der Waals surface area contributed by atoms with E-state index in [9.17, 15) is 9.59 Å². The van der Waals surface area contributed by atoms with Crippen molar-refractivity contribution in [1.29, 1.82) is 0 Å². The van der Waals surface area contributed by atoms with Crippen molar-refractivity contribution in [2.24, 2.45) is 5.92 Å². The van der Waals surface area contributed by atoms with Crippen LogP contribution in [0.25, 0.3) is 10.2 Å². The van der Waals surface area contributed by atoms with Crippen molar-refractivity contribution in [3.05, 3.63) is 27.8 Å². The fourth-order valence-electron chi connectivity index (χ4n) is 2.48. The van der Waals surface area contributed by atoms with Crippen LogP contribution in [0.3, 0.4) is 0 Å². The second-order valence-electron chi connectivity index (χ2n) is 6.02. The van der Waals surface area contributed by atoms with Gasteiger partial charge in [-0.25, -0.2) is 4.98 Å². The number of amides is 2. The van der Waals surface area contributed by atoms with Gasteiger partial charge in [0, 0.05) is 30.1 Å². The molecule has 0 saturated heterocycles. The van der Waals surface area contributed by atoms with E-state index in [1.807, 2.05) is 40.7 Å². The first-order valence-corrected chi connectivity index (χ1v) is 8.56. The minimum atomic E-state index is -0.110. The van der Waals surface area contributed by atoms with Crippen LogP contribution in [0.4, 0.5) is 0 Å². The van der Waals surface area contributed by atoms with Gasteiger partial charge in [0.2, 0.25) is 5.91 Å². The Labute approximate surface area is 140 Å². The summed E-state index contributed by atoms with van der Waals surface area (Å²) in [5.41, 5.74) is 3.07. The van der Waals surface area contributed by atoms with Crippen molar-refractivity contribution in [3.63, 3.8) is 0 Å². The van der Waals surface area contributed by atoms with Crippen molar-refractivity contribution in [2.45, 2.75) is 34.6 Å². The summed E-state index contributed by atoms with van der Waals surface area (Å²) >= 11 is 1.42. The van der Waals surface area contributed by atoms with Gasteiger partial charge in [0.1, 0.15) is 4.83 Å². The average molecular weight is 333 g/mol. The fraction of sp³-hybridized carbons (Fsp3) is 0.471. The number of fused-ring (bicyclic) bond motifs is 1. The van der Waals surface area contributed by atoms with Crippen molar-refractivity contribution in [2.75, 3.05) is 13.1 Å².